The molecule has 0 radical (unpaired) electrons. The number of aromatic nitrogens is 3. The van der Waals surface area contributed by atoms with Crippen LogP contribution < -0.4 is 4.74 Å². The Kier molecular flexibility index (Phi) is 5.04. The number of nitrogens with zero attached hydrogens (tertiary/aromatic N) is 4. The Balaban J connectivity index is 1.57. The van der Waals surface area contributed by atoms with Crippen molar-refractivity contribution in [2.75, 3.05) is 6.61 Å². The number of carbonyl (C=O) groups is 1. The molecule has 2 saturated heterocycles. The van der Waals surface area contributed by atoms with E-state index >= 15 is 0 Å². The number of carbonyl (C=O) groups excluding carboxylic acids is 1. The van der Waals surface area contributed by atoms with E-state index in [9.17, 15) is 4.79 Å². The third-order valence-corrected chi connectivity index (χ3v) is 5.87. The fourth-order valence-corrected chi connectivity index (χ4v) is 4.86. The summed E-state index contributed by atoms with van der Waals surface area (Å²) in [5.41, 5.74) is 3.29. The highest BCUT2D eigenvalue weighted by atomic mass is 16.5. The summed E-state index contributed by atoms with van der Waals surface area (Å²) >= 11 is 0. The molecule has 0 saturated carbocycles. The summed E-state index contributed by atoms with van der Waals surface area (Å²) in [5.74, 6) is 1.89. The lowest BCUT2D eigenvalue weighted by atomic mass is 9.86. The normalized spacial score (nSPS) is 23.3. The lowest BCUT2D eigenvalue weighted by Crippen LogP contribution is -2.37. The summed E-state index contributed by atoms with van der Waals surface area (Å²) in [5, 5.41) is 0. The second kappa shape index (κ2) is 7.49. The summed E-state index contributed by atoms with van der Waals surface area (Å²) in [6, 6.07) is 6.26. The molecule has 2 aromatic rings. The van der Waals surface area contributed by atoms with E-state index in [-0.39, 0.29) is 18.0 Å². The number of amides is 1. The van der Waals surface area contributed by atoms with Crippen molar-refractivity contribution >= 4 is 5.91 Å². The molecule has 6 heteroatoms. The maximum Gasteiger partial charge on any atom is 0.276 e. The Morgan fingerprint density at radius 2 is 1.86 bits per heavy atom. The van der Waals surface area contributed by atoms with Crippen LogP contribution in [0.2, 0.25) is 0 Å². The topological polar surface area (TPSA) is 68.2 Å². The lowest BCUT2D eigenvalue weighted by molar-refractivity contribution is 0.0707. The fourth-order valence-electron chi connectivity index (χ4n) is 4.86. The van der Waals surface area contributed by atoms with Gasteiger partial charge in [0.15, 0.2) is 11.4 Å². The van der Waals surface area contributed by atoms with Gasteiger partial charge in [0.25, 0.3) is 5.91 Å². The average Bonchev–Trinajstić information content (AvgIpc) is 3.19. The molecule has 4 heterocycles. The number of pyridine rings is 1. The zero-order chi connectivity index (χ0) is 19.8. The van der Waals surface area contributed by atoms with Gasteiger partial charge in [0.1, 0.15) is 5.82 Å². The van der Waals surface area contributed by atoms with Crippen LogP contribution in [0.25, 0.3) is 0 Å². The minimum Gasteiger partial charge on any atom is -0.491 e. The second-order valence-electron chi connectivity index (χ2n) is 8.01. The van der Waals surface area contributed by atoms with Gasteiger partial charge in [-0.3, -0.25) is 4.79 Å². The van der Waals surface area contributed by atoms with Gasteiger partial charge in [-0.1, -0.05) is 0 Å². The van der Waals surface area contributed by atoms with Crippen molar-refractivity contribution in [2.45, 2.75) is 65.5 Å². The van der Waals surface area contributed by atoms with E-state index in [0.717, 1.165) is 48.6 Å². The maximum absolute atomic E-state index is 13.4. The van der Waals surface area contributed by atoms with E-state index in [4.69, 9.17) is 4.74 Å². The highest BCUT2D eigenvalue weighted by Gasteiger charge is 2.49. The number of rotatable bonds is 5. The smallest absolute Gasteiger partial charge is 0.276 e. The van der Waals surface area contributed by atoms with Crippen LogP contribution in [0.4, 0.5) is 0 Å². The zero-order valence-electron chi connectivity index (χ0n) is 17.1. The molecule has 0 aromatic carbocycles. The number of hydrogen-bond donors (Lipinski definition) is 0. The fraction of sp³-hybridized carbons (Fsp3) is 0.545. The highest BCUT2D eigenvalue weighted by molar-refractivity contribution is 5.96. The van der Waals surface area contributed by atoms with Crippen molar-refractivity contribution in [3.8, 4) is 5.75 Å². The number of ether oxygens (including phenoxy) is 1. The van der Waals surface area contributed by atoms with E-state index in [1.54, 1.807) is 0 Å². The first kappa shape index (κ1) is 18.8. The van der Waals surface area contributed by atoms with E-state index in [1.165, 1.54) is 0 Å². The first-order valence-corrected chi connectivity index (χ1v) is 10.2. The molecule has 1 amide bonds. The molecular formula is C22H28N4O2. The van der Waals surface area contributed by atoms with Crippen molar-refractivity contribution in [2.24, 2.45) is 5.92 Å². The van der Waals surface area contributed by atoms with Crippen LogP contribution in [0.1, 0.15) is 59.6 Å². The molecule has 0 aliphatic carbocycles. The summed E-state index contributed by atoms with van der Waals surface area (Å²) < 4.78 is 5.68. The number of aryl methyl sites for hydroxylation is 3. The van der Waals surface area contributed by atoms with Crippen molar-refractivity contribution in [3.63, 3.8) is 0 Å². The van der Waals surface area contributed by atoms with Crippen molar-refractivity contribution < 1.29 is 9.53 Å². The molecule has 3 unspecified atom stereocenters. The predicted molar refractivity (Wildman–Crippen MR) is 106 cm³/mol. The van der Waals surface area contributed by atoms with Gasteiger partial charge in [0, 0.05) is 35.6 Å². The van der Waals surface area contributed by atoms with Crippen LogP contribution >= 0.6 is 0 Å². The first-order valence-electron chi connectivity index (χ1n) is 10.2. The monoisotopic (exact) mass is 380 g/mol. The molecule has 6 nitrogen and oxygen atoms in total. The number of hydrogen-bond acceptors (Lipinski definition) is 5. The van der Waals surface area contributed by atoms with Crippen molar-refractivity contribution in [1.82, 2.24) is 19.9 Å². The van der Waals surface area contributed by atoms with Gasteiger partial charge in [-0.05, 0) is 71.1 Å². The summed E-state index contributed by atoms with van der Waals surface area (Å²) in [4.78, 5) is 29.2. The second-order valence-corrected chi connectivity index (χ2v) is 8.01. The van der Waals surface area contributed by atoms with Crippen LogP contribution in [0.5, 0.6) is 5.75 Å². The van der Waals surface area contributed by atoms with Gasteiger partial charge in [0.05, 0.1) is 6.61 Å². The van der Waals surface area contributed by atoms with Crippen molar-refractivity contribution in [3.05, 3.63) is 46.8 Å². The third kappa shape index (κ3) is 3.48. The maximum atomic E-state index is 13.4. The van der Waals surface area contributed by atoms with E-state index in [2.05, 4.69) is 19.9 Å². The molecule has 148 valence electrons. The molecule has 2 aliphatic rings. The van der Waals surface area contributed by atoms with Crippen LogP contribution in [0.15, 0.2) is 18.2 Å². The molecule has 2 aromatic heterocycles. The molecule has 3 atom stereocenters. The Morgan fingerprint density at radius 1 is 1.11 bits per heavy atom. The van der Waals surface area contributed by atoms with Crippen LogP contribution in [0.3, 0.4) is 0 Å². The molecule has 2 aliphatic heterocycles. The average molecular weight is 380 g/mol. The molecule has 0 spiro atoms. The van der Waals surface area contributed by atoms with E-state index in [1.807, 2.05) is 45.9 Å². The lowest BCUT2D eigenvalue weighted by Gasteiger charge is -2.25. The summed E-state index contributed by atoms with van der Waals surface area (Å²) in [6.07, 6.45) is 3.95. The van der Waals surface area contributed by atoms with Crippen LogP contribution in [-0.4, -0.2) is 44.4 Å². The Labute approximate surface area is 166 Å². The highest BCUT2D eigenvalue weighted by Crippen LogP contribution is 2.44. The third-order valence-electron chi connectivity index (χ3n) is 5.87. The Hall–Kier alpha value is -2.50. The van der Waals surface area contributed by atoms with E-state index in [0.29, 0.717) is 24.0 Å². The standard InChI is InChI=1S/C22H28N4O2/c1-5-28-19-9-6-13(2)25-21(19)22(27)26-17-7-8-18(26)16(11-17)12-20-23-14(3)10-15(4)24-20/h6,9-10,16-18H,5,7-8,11-12H2,1-4H3. The van der Waals surface area contributed by atoms with Crippen LogP contribution in [0, 0.1) is 26.7 Å². The Bertz CT molecular complexity index is 878. The quantitative estimate of drug-likeness (QED) is 0.795. The summed E-state index contributed by atoms with van der Waals surface area (Å²) in [6.45, 7) is 8.37. The van der Waals surface area contributed by atoms with Gasteiger partial charge in [-0.25, -0.2) is 15.0 Å². The van der Waals surface area contributed by atoms with Gasteiger partial charge in [0.2, 0.25) is 0 Å². The minimum atomic E-state index is 0.00323. The molecule has 28 heavy (non-hydrogen) atoms. The minimum absolute atomic E-state index is 0.00323. The molecule has 2 fully saturated rings. The Morgan fingerprint density at radius 3 is 2.57 bits per heavy atom. The zero-order valence-corrected chi connectivity index (χ0v) is 17.1. The number of fused-ring (bicyclic) bond motifs is 2. The van der Waals surface area contributed by atoms with Gasteiger partial charge in [-0.15, -0.1) is 0 Å². The molecule has 4 rings (SSSR count). The molecular weight excluding hydrogens is 352 g/mol. The van der Waals surface area contributed by atoms with Gasteiger partial charge < -0.3 is 9.64 Å². The SMILES string of the molecule is CCOc1ccc(C)nc1C(=O)N1C2CCC1C(Cc1nc(C)cc(C)n1)C2. The first-order chi connectivity index (χ1) is 13.5. The van der Waals surface area contributed by atoms with Gasteiger partial charge in [-0.2, -0.15) is 0 Å². The van der Waals surface area contributed by atoms with Crippen LogP contribution in [-0.2, 0) is 6.42 Å². The largest absolute Gasteiger partial charge is 0.491 e. The van der Waals surface area contributed by atoms with Gasteiger partial charge >= 0.3 is 0 Å². The summed E-state index contributed by atoms with van der Waals surface area (Å²) in [7, 11) is 0. The van der Waals surface area contributed by atoms with E-state index < -0.39 is 0 Å². The molecule has 2 bridgehead atoms. The molecule has 0 N–H and O–H groups in total. The predicted octanol–water partition coefficient (Wildman–Crippen LogP) is 3.43. The van der Waals surface area contributed by atoms with Crippen molar-refractivity contribution in [1.29, 1.82) is 0 Å².